The molecule has 1 amide bonds. The van der Waals surface area contributed by atoms with Gasteiger partial charge in [0.15, 0.2) is 5.82 Å². The van der Waals surface area contributed by atoms with Gasteiger partial charge in [0.05, 0.1) is 0 Å². The number of nitrogens with zero attached hydrogens (tertiary/aromatic N) is 3. The molecule has 1 N–H and O–H groups in total. The monoisotopic (exact) mass is 298 g/mol. The maximum Gasteiger partial charge on any atom is 0.242 e. The zero-order valence-corrected chi connectivity index (χ0v) is 13.3. The van der Waals surface area contributed by atoms with E-state index in [9.17, 15) is 4.79 Å². The summed E-state index contributed by atoms with van der Waals surface area (Å²) in [6, 6.07) is 8.28. The molecule has 1 aliphatic rings. The van der Waals surface area contributed by atoms with Gasteiger partial charge in [0.2, 0.25) is 5.91 Å². The minimum atomic E-state index is -0.000802. The summed E-state index contributed by atoms with van der Waals surface area (Å²) in [4.78, 5) is 16.7. The standard InChI is InChI=1S/C17H22N4O/c1-11-6-4-5-7-15(11)17-19-13(3)20-21(17)10-16(22)18-12(2)14-8-9-14/h4-7,12,14H,8-10H2,1-3H3,(H,18,22)/t12-/m1/s1. The van der Waals surface area contributed by atoms with Crippen molar-refractivity contribution in [3.63, 3.8) is 0 Å². The minimum Gasteiger partial charge on any atom is -0.352 e. The van der Waals surface area contributed by atoms with Crippen molar-refractivity contribution in [3.05, 3.63) is 35.7 Å². The van der Waals surface area contributed by atoms with Gasteiger partial charge >= 0.3 is 0 Å². The first-order valence-corrected chi connectivity index (χ1v) is 7.81. The number of benzene rings is 1. The zero-order chi connectivity index (χ0) is 15.7. The van der Waals surface area contributed by atoms with Crippen LogP contribution in [-0.4, -0.2) is 26.7 Å². The third-order valence-electron chi connectivity index (χ3n) is 4.17. The summed E-state index contributed by atoms with van der Waals surface area (Å²) in [7, 11) is 0. The van der Waals surface area contributed by atoms with Gasteiger partial charge in [-0.3, -0.25) is 4.79 Å². The Balaban J connectivity index is 1.79. The Morgan fingerprint density at radius 3 is 2.77 bits per heavy atom. The normalized spacial score (nSPS) is 15.6. The van der Waals surface area contributed by atoms with Crippen molar-refractivity contribution in [3.8, 4) is 11.4 Å². The molecular weight excluding hydrogens is 276 g/mol. The van der Waals surface area contributed by atoms with E-state index in [1.165, 1.54) is 12.8 Å². The number of carbonyl (C=O) groups excluding carboxylic acids is 1. The van der Waals surface area contributed by atoms with Crippen molar-refractivity contribution >= 4 is 5.91 Å². The average Bonchev–Trinajstić information content (AvgIpc) is 3.24. The molecular formula is C17H22N4O. The molecule has 1 aromatic carbocycles. The van der Waals surface area contributed by atoms with Gasteiger partial charge in [-0.25, -0.2) is 9.67 Å². The molecule has 1 fully saturated rings. The highest BCUT2D eigenvalue weighted by atomic mass is 16.2. The number of amides is 1. The molecule has 0 unspecified atom stereocenters. The molecule has 1 aromatic heterocycles. The van der Waals surface area contributed by atoms with Crippen LogP contribution in [0.25, 0.3) is 11.4 Å². The number of aromatic nitrogens is 3. The lowest BCUT2D eigenvalue weighted by atomic mass is 10.1. The van der Waals surface area contributed by atoms with Gasteiger partial charge in [-0.1, -0.05) is 24.3 Å². The predicted octanol–water partition coefficient (Wildman–Crippen LogP) is 2.48. The second-order valence-corrected chi connectivity index (χ2v) is 6.15. The fraction of sp³-hybridized carbons (Fsp3) is 0.471. The molecule has 1 heterocycles. The van der Waals surface area contributed by atoms with Crippen LogP contribution < -0.4 is 5.32 Å². The predicted molar refractivity (Wildman–Crippen MR) is 85.3 cm³/mol. The van der Waals surface area contributed by atoms with E-state index in [0.717, 1.165) is 17.0 Å². The van der Waals surface area contributed by atoms with Gasteiger partial charge < -0.3 is 5.32 Å². The van der Waals surface area contributed by atoms with Crippen molar-refractivity contribution in [2.45, 2.75) is 46.2 Å². The van der Waals surface area contributed by atoms with Crippen molar-refractivity contribution < 1.29 is 4.79 Å². The first-order chi connectivity index (χ1) is 10.5. The molecule has 0 aliphatic heterocycles. The second kappa shape index (κ2) is 5.91. The van der Waals surface area contributed by atoms with Gasteiger partial charge in [0.25, 0.3) is 0 Å². The Morgan fingerprint density at radius 2 is 2.09 bits per heavy atom. The van der Waals surface area contributed by atoms with Crippen LogP contribution in [-0.2, 0) is 11.3 Å². The molecule has 1 aliphatic carbocycles. The van der Waals surface area contributed by atoms with Crippen LogP contribution in [0.15, 0.2) is 24.3 Å². The molecule has 0 saturated heterocycles. The summed E-state index contributed by atoms with van der Waals surface area (Å²) in [6.07, 6.45) is 2.44. The highest BCUT2D eigenvalue weighted by Gasteiger charge is 2.29. The molecule has 22 heavy (non-hydrogen) atoms. The van der Waals surface area contributed by atoms with Gasteiger partial charge in [0, 0.05) is 11.6 Å². The van der Waals surface area contributed by atoms with Gasteiger partial charge in [0.1, 0.15) is 12.4 Å². The Bertz CT molecular complexity index is 688. The van der Waals surface area contributed by atoms with E-state index < -0.39 is 0 Å². The average molecular weight is 298 g/mol. The third kappa shape index (κ3) is 3.18. The van der Waals surface area contributed by atoms with E-state index in [1.807, 2.05) is 38.1 Å². The first kappa shape index (κ1) is 14.8. The molecule has 0 spiro atoms. The van der Waals surface area contributed by atoms with E-state index in [1.54, 1.807) is 4.68 Å². The van der Waals surface area contributed by atoms with Crippen molar-refractivity contribution in [2.75, 3.05) is 0 Å². The summed E-state index contributed by atoms with van der Waals surface area (Å²) in [5.41, 5.74) is 2.15. The van der Waals surface area contributed by atoms with Crippen LogP contribution in [0.1, 0.15) is 31.2 Å². The Kier molecular flexibility index (Phi) is 3.96. The smallest absolute Gasteiger partial charge is 0.242 e. The highest BCUT2D eigenvalue weighted by Crippen LogP contribution is 2.32. The van der Waals surface area contributed by atoms with E-state index in [2.05, 4.69) is 22.3 Å². The van der Waals surface area contributed by atoms with Gasteiger partial charge in [-0.15, -0.1) is 0 Å². The minimum absolute atomic E-state index is 0.000802. The molecule has 2 aromatic rings. The molecule has 1 atom stereocenters. The number of nitrogens with one attached hydrogen (secondary N) is 1. The number of hydrogen-bond donors (Lipinski definition) is 1. The molecule has 5 heteroatoms. The number of aryl methyl sites for hydroxylation is 2. The zero-order valence-electron chi connectivity index (χ0n) is 13.3. The fourth-order valence-electron chi connectivity index (χ4n) is 2.74. The lowest BCUT2D eigenvalue weighted by molar-refractivity contribution is -0.122. The van der Waals surface area contributed by atoms with Crippen LogP contribution in [0.2, 0.25) is 0 Å². The number of hydrogen-bond acceptors (Lipinski definition) is 3. The number of rotatable bonds is 5. The van der Waals surface area contributed by atoms with Crippen LogP contribution in [0.5, 0.6) is 0 Å². The summed E-state index contributed by atoms with van der Waals surface area (Å²) >= 11 is 0. The molecule has 0 bridgehead atoms. The summed E-state index contributed by atoms with van der Waals surface area (Å²) in [5, 5.41) is 7.45. The summed E-state index contributed by atoms with van der Waals surface area (Å²) < 4.78 is 1.70. The van der Waals surface area contributed by atoms with Crippen molar-refractivity contribution in [1.82, 2.24) is 20.1 Å². The van der Waals surface area contributed by atoms with Crippen LogP contribution >= 0.6 is 0 Å². The fourth-order valence-corrected chi connectivity index (χ4v) is 2.74. The maximum atomic E-state index is 12.2. The van der Waals surface area contributed by atoms with Crippen LogP contribution in [0, 0.1) is 19.8 Å². The number of carbonyl (C=O) groups is 1. The topological polar surface area (TPSA) is 59.8 Å². The third-order valence-corrected chi connectivity index (χ3v) is 4.17. The molecule has 0 radical (unpaired) electrons. The Hall–Kier alpha value is -2.17. The molecule has 5 nitrogen and oxygen atoms in total. The van der Waals surface area contributed by atoms with E-state index >= 15 is 0 Å². The second-order valence-electron chi connectivity index (χ2n) is 6.15. The molecule has 1 saturated carbocycles. The Morgan fingerprint density at radius 1 is 1.36 bits per heavy atom. The SMILES string of the molecule is Cc1nc(-c2ccccc2C)n(CC(=O)N[C@H](C)C2CC2)n1. The van der Waals surface area contributed by atoms with Crippen molar-refractivity contribution in [1.29, 1.82) is 0 Å². The summed E-state index contributed by atoms with van der Waals surface area (Å²) in [6.45, 7) is 6.17. The van der Waals surface area contributed by atoms with Crippen LogP contribution in [0.4, 0.5) is 0 Å². The van der Waals surface area contributed by atoms with Gasteiger partial charge in [-0.05, 0) is 45.1 Å². The quantitative estimate of drug-likeness (QED) is 0.922. The Labute approximate surface area is 130 Å². The lowest BCUT2D eigenvalue weighted by Gasteiger charge is -2.13. The van der Waals surface area contributed by atoms with E-state index in [4.69, 9.17) is 0 Å². The van der Waals surface area contributed by atoms with E-state index in [0.29, 0.717) is 11.7 Å². The molecule has 116 valence electrons. The van der Waals surface area contributed by atoms with E-state index in [-0.39, 0.29) is 18.5 Å². The maximum absolute atomic E-state index is 12.2. The van der Waals surface area contributed by atoms with Crippen LogP contribution in [0.3, 0.4) is 0 Å². The van der Waals surface area contributed by atoms with Crippen molar-refractivity contribution in [2.24, 2.45) is 5.92 Å². The highest BCUT2D eigenvalue weighted by molar-refractivity contribution is 5.76. The largest absolute Gasteiger partial charge is 0.352 e. The lowest BCUT2D eigenvalue weighted by Crippen LogP contribution is -2.36. The first-order valence-electron chi connectivity index (χ1n) is 7.81. The van der Waals surface area contributed by atoms with Gasteiger partial charge in [-0.2, -0.15) is 5.10 Å². The summed E-state index contributed by atoms with van der Waals surface area (Å²) in [5.74, 6) is 2.09. The molecule has 3 rings (SSSR count).